The molecule has 1 N–H and O–H groups in total. The Labute approximate surface area is 167 Å². The van der Waals surface area contributed by atoms with Gasteiger partial charge in [0.2, 0.25) is 17.6 Å². The standard InChI is InChI=1S/C20H21N3O4S/c1-3-26-17-10-5-4-9-16(17)20-22-19(27-23-20)13-28-12-18(24)21-14-7-6-8-15(11-14)25-2/h4-11H,3,12-13H2,1-2H3,(H,21,24). The van der Waals surface area contributed by atoms with E-state index in [4.69, 9.17) is 14.0 Å². The molecule has 0 fully saturated rings. The fraction of sp³-hybridized carbons (Fsp3) is 0.250. The molecule has 0 unspecified atom stereocenters. The average Bonchev–Trinajstić information content (AvgIpc) is 3.17. The lowest BCUT2D eigenvalue weighted by Gasteiger charge is -2.06. The first-order chi connectivity index (χ1) is 13.7. The Morgan fingerprint density at radius 2 is 2.07 bits per heavy atom. The van der Waals surface area contributed by atoms with Crippen molar-refractivity contribution in [2.75, 3.05) is 24.8 Å². The first kappa shape index (κ1) is 19.8. The Morgan fingerprint density at radius 1 is 1.21 bits per heavy atom. The zero-order chi connectivity index (χ0) is 19.8. The summed E-state index contributed by atoms with van der Waals surface area (Å²) < 4.78 is 16.0. The topological polar surface area (TPSA) is 86.5 Å². The third-order valence-electron chi connectivity index (χ3n) is 3.71. The summed E-state index contributed by atoms with van der Waals surface area (Å²) in [6.45, 7) is 2.48. The van der Waals surface area contributed by atoms with Crippen molar-refractivity contribution in [2.45, 2.75) is 12.7 Å². The molecule has 0 radical (unpaired) electrons. The van der Waals surface area contributed by atoms with Gasteiger partial charge >= 0.3 is 0 Å². The quantitative estimate of drug-likeness (QED) is 0.581. The Hall–Kier alpha value is -3.00. The van der Waals surface area contributed by atoms with Crippen LogP contribution in [0.15, 0.2) is 53.1 Å². The van der Waals surface area contributed by atoms with E-state index < -0.39 is 0 Å². The predicted octanol–water partition coefficient (Wildman–Crippen LogP) is 4.02. The lowest BCUT2D eigenvalue weighted by atomic mass is 10.2. The van der Waals surface area contributed by atoms with Crippen LogP contribution >= 0.6 is 11.8 Å². The number of aromatic nitrogens is 2. The minimum Gasteiger partial charge on any atom is -0.497 e. The molecule has 0 saturated heterocycles. The van der Waals surface area contributed by atoms with Gasteiger partial charge in [0.1, 0.15) is 11.5 Å². The van der Waals surface area contributed by atoms with E-state index in [1.165, 1.54) is 11.8 Å². The number of anilines is 1. The molecule has 1 aromatic heterocycles. The minimum atomic E-state index is -0.111. The molecule has 3 aromatic rings. The van der Waals surface area contributed by atoms with Crippen LogP contribution in [0.3, 0.4) is 0 Å². The Kier molecular flexibility index (Phi) is 6.91. The number of amides is 1. The van der Waals surface area contributed by atoms with E-state index in [2.05, 4.69) is 15.5 Å². The van der Waals surface area contributed by atoms with Gasteiger partial charge in [-0.1, -0.05) is 23.4 Å². The van der Waals surface area contributed by atoms with Crippen molar-refractivity contribution in [3.63, 3.8) is 0 Å². The number of benzene rings is 2. The minimum absolute atomic E-state index is 0.111. The summed E-state index contributed by atoms with van der Waals surface area (Å²) in [4.78, 5) is 16.5. The molecule has 0 atom stereocenters. The van der Waals surface area contributed by atoms with E-state index in [-0.39, 0.29) is 11.7 Å². The van der Waals surface area contributed by atoms with Gasteiger partial charge in [-0.3, -0.25) is 4.79 Å². The molecule has 0 saturated carbocycles. The summed E-state index contributed by atoms with van der Waals surface area (Å²) in [6, 6.07) is 14.8. The van der Waals surface area contributed by atoms with Crippen molar-refractivity contribution in [3.05, 3.63) is 54.4 Å². The number of ether oxygens (including phenoxy) is 2. The molecule has 2 aromatic carbocycles. The zero-order valence-electron chi connectivity index (χ0n) is 15.7. The van der Waals surface area contributed by atoms with Gasteiger partial charge in [-0.15, -0.1) is 11.8 Å². The number of para-hydroxylation sites is 1. The number of nitrogens with one attached hydrogen (secondary N) is 1. The number of rotatable bonds is 9. The van der Waals surface area contributed by atoms with Gasteiger partial charge < -0.3 is 19.3 Å². The van der Waals surface area contributed by atoms with Gasteiger partial charge in [0.25, 0.3) is 0 Å². The van der Waals surface area contributed by atoms with Gasteiger partial charge in [0.15, 0.2) is 0 Å². The third kappa shape index (κ3) is 5.26. The van der Waals surface area contributed by atoms with Crippen LogP contribution in [0.2, 0.25) is 0 Å². The maximum Gasteiger partial charge on any atom is 0.236 e. The van der Waals surface area contributed by atoms with Gasteiger partial charge in [0, 0.05) is 11.8 Å². The molecule has 28 heavy (non-hydrogen) atoms. The molecule has 146 valence electrons. The van der Waals surface area contributed by atoms with Gasteiger partial charge in [-0.2, -0.15) is 4.98 Å². The molecule has 1 amide bonds. The summed E-state index contributed by atoms with van der Waals surface area (Å²) in [5.41, 5.74) is 1.47. The molecular formula is C20H21N3O4S. The zero-order valence-corrected chi connectivity index (χ0v) is 16.5. The van der Waals surface area contributed by atoms with Crippen LogP contribution in [0.25, 0.3) is 11.4 Å². The molecule has 8 heteroatoms. The average molecular weight is 399 g/mol. The number of methoxy groups -OCH3 is 1. The fourth-order valence-corrected chi connectivity index (χ4v) is 3.14. The number of carbonyl (C=O) groups is 1. The maximum atomic E-state index is 12.1. The van der Waals surface area contributed by atoms with E-state index in [9.17, 15) is 4.79 Å². The predicted molar refractivity (Wildman–Crippen MR) is 109 cm³/mol. The van der Waals surface area contributed by atoms with Crippen LogP contribution < -0.4 is 14.8 Å². The van der Waals surface area contributed by atoms with E-state index in [0.29, 0.717) is 41.3 Å². The largest absolute Gasteiger partial charge is 0.497 e. The second kappa shape index (κ2) is 9.80. The number of thioether (sulfide) groups is 1. The highest BCUT2D eigenvalue weighted by atomic mass is 32.2. The van der Waals surface area contributed by atoms with E-state index in [0.717, 1.165) is 5.56 Å². The van der Waals surface area contributed by atoms with Crippen LogP contribution in [-0.4, -0.2) is 35.5 Å². The molecular weight excluding hydrogens is 378 g/mol. The Bertz CT molecular complexity index is 929. The van der Waals surface area contributed by atoms with Gasteiger partial charge in [0.05, 0.1) is 30.8 Å². The van der Waals surface area contributed by atoms with Crippen molar-refractivity contribution in [3.8, 4) is 22.9 Å². The number of hydrogen-bond acceptors (Lipinski definition) is 7. The van der Waals surface area contributed by atoms with Gasteiger partial charge in [-0.25, -0.2) is 0 Å². The molecule has 0 aliphatic heterocycles. The number of carbonyl (C=O) groups excluding carboxylic acids is 1. The molecule has 0 aliphatic rings. The summed E-state index contributed by atoms with van der Waals surface area (Å²) >= 11 is 1.40. The van der Waals surface area contributed by atoms with Crippen LogP contribution in [0.4, 0.5) is 5.69 Å². The first-order valence-corrected chi connectivity index (χ1v) is 9.91. The molecule has 0 aliphatic carbocycles. The Balaban J connectivity index is 1.53. The SMILES string of the molecule is CCOc1ccccc1-c1noc(CSCC(=O)Nc2cccc(OC)c2)n1. The maximum absolute atomic E-state index is 12.1. The number of hydrogen-bond donors (Lipinski definition) is 1. The molecule has 0 bridgehead atoms. The van der Waals surface area contributed by atoms with Gasteiger partial charge in [-0.05, 0) is 31.2 Å². The lowest BCUT2D eigenvalue weighted by molar-refractivity contribution is -0.113. The van der Waals surface area contributed by atoms with Crippen LogP contribution in [0.1, 0.15) is 12.8 Å². The second-order valence-corrected chi connectivity index (χ2v) is 6.70. The molecule has 3 rings (SSSR count). The first-order valence-electron chi connectivity index (χ1n) is 8.76. The van der Waals surface area contributed by atoms with E-state index in [1.807, 2.05) is 49.4 Å². The smallest absolute Gasteiger partial charge is 0.236 e. The highest BCUT2D eigenvalue weighted by molar-refractivity contribution is 7.99. The summed E-state index contributed by atoms with van der Waals surface area (Å²) in [5, 5.41) is 6.85. The normalized spacial score (nSPS) is 10.5. The van der Waals surface area contributed by atoms with Crippen molar-refractivity contribution >= 4 is 23.4 Å². The monoisotopic (exact) mass is 399 g/mol. The highest BCUT2D eigenvalue weighted by Crippen LogP contribution is 2.28. The summed E-state index contributed by atoms with van der Waals surface area (Å²) in [7, 11) is 1.59. The molecule has 7 nitrogen and oxygen atoms in total. The Morgan fingerprint density at radius 3 is 2.89 bits per heavy atom. The molecule has 1 heterocycles. The molecule has 0 spiro atoms. The van der Waals surface area contributed by atoms with Crippen molar-refractivity contribution in [1.82, 2.24) is 10.1 Å². The van der Waals surface area contributed by atoms with Crippen LogP contribution in [-0.2, 0) is 10.5 Å². The lowest BCUT2D eigenvalue weighted by Crippen LogP contribution is -2.14. The van der Waals surface area contributed by atoms with Crippen LogP contribution in [0.5, 0.6) is 11.5 Å². The second-order valence-electron chi connectivity index (χ2n) is 5.71. The van der Waals surface area contributed by atoms with E-state index >= 15 is 0 Å². The summed E-state index contributed by atoms with van der Waals surface area (Å²) in [5.74, 6) is 2.93. The van der Waals surface area contributed by atoms with E-state index in [1.54, 1.807) is 13.2 Å². The fourth-order valence-electron chi connectivity index (χ4n) is 2.48. The van der Waals surface area contributed by atoms with Crippen molar-refractivity contribution < 1.29 is 18.8 Å². The third-order valence-corrected chi connectivity index (χ3v) is 4.63. The highest BCUT2D eigenvalue weighted by Gasteiger charge is 2.13. The van der Waals surface area contributed by atoms with Crippen LogP contribution in [0, 0.1) is 0 Å². The summed E-state index contributed by atoms with van der Waals surface area (Å²) in [6.07, 6.45) is 0. The number of nitrogens with zero attached hydrogens (tertiary/aromatic N) is 2. The van der Waals surface area contributed by atoms with Crippen molar-refractivity contribution in [2.24, 2.45) is 0 Å². The van der Waals surface area contributed by atoms with Crippen molar-refractivity contribution in [1.29, 1.82) is 0 Å².